The fourth-order valence-corrected chi connectivity index (χ4v) is 3.33. The molecule has 8 heteroatoms. The molecule has 0 aliphatic carbocycles. The van der Waals surface area contributed by atoms with Gasteiger partial charge in [0, 0.05) is 5.38 Å². The van der Waals surface area contributed by atoms with Gasteiger partial charge in [-0.2, -0.15) is 10.2 Å². The van der Waals surface area contributed by atoms with Crippen LogP contribution in [-0.4, -0.2) is 26.9 Å². The Morgan fingerprint density at radius 2 is 2.12 bits per heavy atom. The topological polar surface area (TPSA) is 72.2 Å². The van der Waals surface area contributed by atoms with Crippen LogP contribution >= 0.6 is 22.9 Å². The number of halogens is 1. The molecule has 0 atom stereocenters. The van der Waals surface area contributed by atoms with Crippen LogP contribution in [0.5, 0.6) is 0 Å². The van der Waals surface area contributed by atoms with E-state index in [-0.39, 0.29) is 12.3 Å². The summed E-state index contributed by atoms with van der Waals surface area (Å²) < 4.78 is 1.72. The number of thiazole rings is 1. The molecule has 0 saturated carbocycles. The van der Waals surface area contributed by atoms with Crippen molar-refractivity contribution < 1.29 is 4.79 Å². The number of nitrogens with one attached hydrogen (secondary N) is 1. The van der Waals surface area contributed by atoms with E-state index < -0.39 is 0 Å². The van der Waals surface area contributed by atoms with Gasteiger partial charge in [-0.3, -0.25) is 4.79 Å². The van der Waals surface area contributed by atoms with Gasteiger partial charge >= 0.3 is 0 Å². The number of aryl methyl sites for hydroxylation is 2. The molecule has 1 amide bonds. The monoisotopic (exact) mass is 387 g/mol. The zero-order chi connectivity index (χ0) is 18.5. The molecule has 6 nitrogen and oxygen atoms in total. The van der Waals surface area contributed by atoms with Crippen LogP contribution in [0.4, 0.5) is 0 Å². The van der Waals surface area contributed by atoms with Gasteiger partial charge in [0.2, 0.25) is 5.91 Å². The van der Waals surface area contributed by atoms with E-state index in [1.54, 1.807) is 4.68 Å². The number of hydrogen-bond acceptors (Lipinski definition) is 5. The molecule has 0 radical (unpaired) electrons. The van der Waals surface area contributed by atoms with Crippen molar-refractivity contribution >= 4 is 35.1 Å². The van der Waals surface area contributed by atoms with Crippen LogP contribution < -0.4 is 5.43 Å². The molecule has 1 aromatic carbocycles. The lowest BCUT2D eigenvalue weighted by Gasteiger charge is -2.03. The number of benzene rings is 1. The number of amides is 1. The Morgan fingerprint density at radius 1 is 1.35 bits per heavy atom. The van der Waals surface area contributed by atoms with E-state index in [0.717, 1.165) is 22.0 Å². The second-order valence-electron chi connectivity index (χ2n) is 5.76. The number of aromatic nitrogens is 3. The molecular formula is C18H18ClN5OS. The summed E-state index contributed by atoms with van der Waals surface area (Å²) in [6.45, 7) is 4.33. The molecule has 0 aliphatic rings. The van der Waals surface area contributed by atoms with Crippen molar-refractivity contribution in [1.82, 2.24) is 20.2 Å². The largest absolute Gasteiger partial charge is 0.273 e. The van der Waals surface area contributed by atoms with Gasteiger partial charge in [-0.1, -0.05) is 41.9 Å². The van der Waals surface area contributed by atoms with Crippen LogP contribution in [0.3, 0.4) is 0 Å². The molecule has 0 spiro atoms. The van der Waals surface area contributed by atoms with E-state index >= 15 is 0 Å². The number of hydrogen-bond donors (Lipinski definition) is 1. The molecule has 3 rings (SSSR count). The first-order chi connectivity index (χ1) is 12.5. The average Bonchev–Trinajstić information content (AvgIpc) is 3.13. The van der Waals surface area contributed by atoms with Gasteiger partial charge in [0.05, 0.1) is 41.1 Å². The van der Waals surface area contributed by atoms with E-state index in [1.807, 2.05) is 49.6 Å². The van der Waals surface area contributed by atoms with Gasteiger partial charge in [-0.15, -0.1) is 11.3 Å². The Labute approximate surface area is 160 Å². The summed E-state index contributed by atoms with van der Waals surface area (Å²) in [4.78, 5) is 16.2. The second-order valence-corrected chi connectivity index (χ2v) is 7.18. The predicted octanol–water partition coefficient (Wildman–Crippen LogP) is 3.35. The molecule has 1 N–H and O–H groups in total. The van der Waals surface area contributed by atoms with Gasteiger partial charge in [-0.05, 0) is 19.4 Å². The summed E-state index contributed by atoms with van der Waals surface area (Å²) in [6, 6.07) is 9.94. The van der Waals surface area contributed by atoms with Crippen molar-refractivity contribution in [3.05, 3.63) is 68.4 Å². The zero-order valence-electron chi connectivity index (χ0n) is 14.4. The van der Waals surface area contributed by atoms with E-state index in [2.05, 4.69) is 20.6 Å². The molecule has 0 aliphatic heterocycles. The van der Waals surface area contributed by atoms with Crippen molar-refractivity contribution in [3.8, 4) is 0 Å². The molecule has 0 bridgehead atoms. The van der Waals surface area contributed by atoms with Crippen LogP contribution in [0.2, 0.25) is 5.15 Å². The van der Waals surface area contributed by atoms with Crippen molar-refractivity contribution in [2.24, 2.45) is 5.10 Å². The Kier molecular flexibility index (Phi) is 5.80. The number of carbonyl (C=O) groups is 1. The lowest BCUT2D eigenvalue weighted by molar-refractivity contribution is -0.120. The quantitative estimate of drug-likeness (QED) is 0.520. The SMILES string of the molecule is Cc1nc(CC(=O)N/N=C\c2c(C)nn(Cc3ccccc3)c2Cl)cs1. The molecule has 0 unspecified atom stereocenters. The number of rotatable bonds is 6. The van der Waals surface area contributed by atoms with Crippen LogP contribution in [0.25, 0.3) is 0 Å². The normalized spacial score (nSPS) is 11.2. The summed E-state index contributed by atoms with van der Waals surface area (Å²) in [5.74, 6) is -0.225. The Hall–Kier alpha value is -2.51. The standard InChI is InChI=1S/C18H18ClN5OS/c1-12-16(9-20-22-17(25)8-15-11-26-13(2)21-15)18(19)24(23-12)10-14-6-4-3-5-7-14/h3-7,9,11H,8,10H2,1-2H3,(H,22,25)/b20-9-. The smallest absolute Gasteiger partial charge is 0.246 e. The Morgan fingerprint density at radius 3 is 2.81 bits per heavy atom. The van der Waals surface area contributed by atoms with E-state index in [9.17, 15) is 4.79 Å². The van der Waals surface area contributed by atoms with Crippen LogP contribution in [0.15, 0.2) is 40.8 Å². The van der Waals surface area contributed by atoms with Gasteiger partial charge in [0.1, 0.15) is 5.15 Å². The molecule has 26 heavy (non-hydrogen) atoms. The Balaban J connectivity index is 1.64. The minimum Gasteiger partial charge on any atom is -0.273 e. The fraction of sp³-hybridized carbons (Fsp3) is 0.222. The maximum atomic E-state index is 11.9. The lowest BCUT2D eigenvalue weighted by atomic mass is 10.2. The fourth-order valence-electron chi connectivity index (χ4n) is 2.44. The van der Waals surface area contributed by atoms with Crippen molar-refractivity contribution in [2.75, 3.05) is 0 Å². The van der Waals surface area contributed by atoms with Crippen molar-refractivity contribution in [3.63, 3.8) is 0 Å². The first kappa shape index (κ1) is 18.3. The lowest BCUT2D eigenvalue weighted by Crippen LogP contribution is -2.20. The third kappa shape index (κ3) is 4.56. The number of nitrogens with zero attached hydrogens (tertiary/aromatic N) is 4. The molecule has 2 aromatic heterocycles. The summed E-state index contributed by atoms with van der Waals surface area (Å²) in [6.07, 6.45) is 1.72. The molecular weight excluding hydrogens is 370 g/mol. The van der Waals surface area contributed by atoms with Crippen LogP contribution in [0.1, 0.15) is 27.5 Å². The molecule has 2 heterocycles. The van der Waals surface area contributed by atoms with Crippen molar-refractivity contribution in [1.29, 1.82) is 0 Å². The zero-order valence-corrected chi connectivity index (χ0v) is 16.0. The highest BCUT2D eigenvalue weighted by atomic mass is 35.5. The van der Waals surface area contributed by atoms with E-state index in [1.165, 1.54) is 17.6 Å². The van der Waals surface area contributed by atoms with Gasteiger partial charge < -0.3 is 0 Å². The average molecular weight is 388 g/mol. The second kappa shape index (κ2) is 8.25. The highest BCUT2D eigenvalue weighted by Crippen LogP contribution is 2.19. The van der Waals surface area contributed by atoms with E-state index in [0.29, 0.717) is 17.3 Å². The summed E-state index contributed by atoms with van der Waals surface area (Å²) >= 11 is 7.93. The number of carbonyl (C=O) groups excluding carboxylic acids is 1. The molecule has 0 fully saturated rings. The van der Waals surface area contributed by atoms with Crippen molar-refractivity contribution in [2.45, 2.75) is 26.8 Å². The predicted molar refractivity (Wildman–Crippen MR) is 104 cm³/mol. The highest BCUT2D eigenvalue weighted by Gasteiger charge is 2.12. The first-order valence-corrected chi connectivity index (χ1v) is 9.28. The number of hydrazone groups is 1. The molecule has 3 aromatic rings. The molecule has 0 saturated heterocycles. The maximum absolute atomic E-state index is 11.9. The van der Waals surface area contributed by atoms with Gasteiger partial charge in [-0.25, -0.2) is 15.1 Å². The van der Waals surface area contributed by atoms with Gasteiger partial charge in [0.15, 0.2) is 0 Å². The minimum atomic E-state index is -0.225. The summed E-state index contributed by atoms with van der Waals surface area (Å²) in [7, 11) is 0. The first-order valence-electron chi connectivity index (χ1n) is 8.02. The minimum absolute atomic E-state index is 0.196. The van der Waals surface area contributed by atoms with E-state index in [4.69, 9.17) is 11.6 Å². The maximum Gasteiger partial charge on any atom is 0.246 e. The highest BCUT2D eigenvalue weighted by molar-refractivity contribution is 7.09. The summed E-state index contributed by atoms with van der Waals surface area (Å²) in [5.41, 5.74) is 5.78. The summed E-state index contributed by atoms with van der Waals surface area (Å²) in [5, 5.41) is 11.7. The molecule has 134 valence electrons. The van der Waals surface area contributed by atoms with Crippen LogP contribution in [-0.2, 0) is 17.8 Å². The Bertz CT molecular complexity index is 932. The van der Waals surface area contributed by atoms with Crippen LogP contribution in [0, 0.1) is 13.8 Å². The third-order valence-corrected chi connectivity index (χ3v) is 4.90. The van der Waals surface area contributed by atoms with Gasteiger partial charge in [0.25, 0.3) is 0 Å². The third-order valence-electron chi connectivity index (χ3n) is 3.68.